The molecule has 1 aliphatic heterocycles. The van der Waals surface area contributed by atoms with Gasteiger partial charge in [-0.25, -0.2) is 9.79 Å². The fourth-order valence-corrected chi connectivity index (χ4v) is 1.16. The molecule has 3 heteroatoms. The summed E-state index contributed by atoms with van der Waals surface area (Å²) in [6.07, 6.45) is 2.86. The zero-order valence-corrected chi connectivity index (χ0v) is 8.17. The lowest BCUT2D eigenvalue weighted by Crippen LogP contribution is -2.14. The first kappa shape index (κ1) is 9.96. The first-order valence-corrected chi connectivity index (χ1v) is 4.60. The van der Waals surface area contributed by atoms with Gasteiger partial charge in [-0.3, -0.25) is 0 Å². The number of nitrogens with zero attached hydrogens (tertiary/aromatic N) is 1. The highest BCUT2D eigenvalue weighted by atomic mass is 16.6. The van der Waals surface area contributed by atoms with Crippen molar-refractivity contribution in [3.63, 3.8) is 0 Å². The van der Waals surface area contributed by atoms with Crippen LogP contribution in [0.1, 0.15) is 33.1 Å². The molecular weight excluding hydrogens is 166 g/mol. The van der Waals surface area contributed by atoms with Crippen molar-refractivity contribution in [1.82, 2.24) is 0 Å². The number of carbonyl (C=O) groups excluding carboxylic acids is 1. The third-order valence-electron chi connectivity index (χ3n) is 1.94. The van der Waals surface area contributed by atoms with E-state index in [-0.39, 0.29) is 12.0 Å². The standard InChI is InChI=1S/C10H15NO2/c1-4-5-6-8-10(12)13-9(11-8)7(2)3/h8H,2,4-6H2,1,3H3. The highest BCUT2D eigenvalue weighted by Gasteiger charge is 2.28. The molecule has 1 heterocycles. The van der Waals surface area contributed by atoms with Gasteiger partial charge in [0.2, 0.25) is 5.90 Å². The molecule has 0 radical (unpaired) electrons. The van der Waals surface area contributed by atoms with Crippen LogP contribution in [0, 0.1) is 0 Å². The third kappa shape index (κ3) is 2.41. The van der Waals surface area contributed by atoms with Crippen molar-refractivity contribution in [3.05, 3.63) is 12.2 Å². The van der Waals surface area contributed by atoms with Crippen molar-refractivity contribution < 1.29 is 9.53 Å². The molecule has 0 aliphatic carbocycles. The minimum atomic E-state index is -0.286. The summed E-state index contributed by atoms with van der Waals surface area (Å²) in [5.41, 5.74) is 0.715. The van der Waals surface area contributed by atoms with Gasteiger partial charge in [0.05, 0.1) is 0 Å². The van der Waals surface area contributed by atoms with Crippen molar-refractivity contribution in [1.29, 1.82) is 0 Å². The molecule has 0 aromatic carbocycles. The summed E-state index contributed by atoms with van der Waals surface area (Å²) < 4.78 is 4.94. The van der Waals surface area contributed by atoms with Crippen molar-refractivity contribution in [2.45, 2.75) is 39.2 Å². The Morgan fingerprint density at radius 1 is 1.69 bits per heavy atom. The molecule has 0 amide bonds. The number of esters is 1. The predicted molar refractivity (Wildman–Crippen MR) is 51.7 cm³/mol. The minimum Gasteiger partial charge on any atom is -0.406 e. The topological polar surface area (TPSA) is 38.7 Å². The Morgan fingerprint density at radius 3 is 2.85 bits per heavy atom. The van der Waals surface area contributed by atoms with Crippen LogP contribution in [0.5, 0.6) is 0 Å². The van der Waals surface area contributed by atoms with Crippen LogP contribution in [0.4, 0.5) is 0 Å². The number of aliphatic imine (C=N–C) groups is 1. The quantitative estimate of drug-likeness (QED) is 0.623. The van der Waals surface area contributed by atoms with Crippen LogP contribution in [0.25, 0.3) is 0 Å². The summed E-state index contributed by atoms with van der Waals surface area (Å²) in [5.74, 6) is 0.178. The smallest absolute Gasteiger partial charge is 0.337 e. The van der Waals surface area contributed by atoms with E-state index in [9.17, 15) is 4.79 Å². The van der Waals surface area contributed by atoms with Gasteiger partial charge in [-0.15, -0.1) is 0 Å². The molecule has 0 aromatic rings. The number of carbonyl (C=O) groups is 1. The van der Waals surface area contributed by atoms with Gasteiger partial charge in [-0.1, -0.05) is 26.3 Å². The minimum absolute atomic E-state index is 0.230. The van der Waals surface area contributed by atoms with Gasteiger partial charge in [0, 0.05) is 5.57 Å². The van der Waals surface area contributed by atoms with Crippen LogP contribution < -0.4 is 0 Å². The number of cyclic esters (lactones) is 1. The number of hydrogen-bond donors (Lipinski definition) is 0. The Bertz CT molecular complexity index is 256. The largest absolute Gasteiger partial charge is 0.406 e. The molecule has 0 N–H and O–H groups in total. The molecule has 0 bridgehead atoms. The Balaban J connectivity index is 2.56. The van der Waals surface area contributed by atoms with E-state index in [1.165, 1.54) is 0 Å². The summed E-state index contributed by atoms with van der Waals surface area (Å²) in [5, 5.41) is 0. The van der Waals surface area contributed by atoms with E-state index in [1.807, 2.05) is 0 Å². The first-order valence-electron chi connectivity index (χ1n) is 4.60. The fourth-order valence-electron chi connectivity index (χ4n) is 1.16. The monoisotopic (exact) mass is 181 g/mol. The van der Waals surface area contributed by atoms with Gasteiger partial charge in [0.1, 0.15) is 0 Å². The van der Waals surface area contributed by atoms with Gasteiger partial charge < -0.3 is 4.74 Å². The normalized spacial score (nSPS) is 21.2. The maximum Gasteiger partial charge on any atom is 0.337 e. The Morgan fingerprint density at radius 2 is 2.38 bits per heavy atom. The SMILES string of the molecule is C=C(C)C1=NC(CCCC)C(=O)O1. The summed E-state index contributed by atoms with van der Waals surface area (Å²) in [6, 6.07) is -0.286. The van der Waals surface area contributed by atoms with Crippen molar-refractivity contribution in [3.8, 4) is 0 Å². The van der Waals surface area contributed by atoms with E-state index in [0.717, 1.165) is 19.3 Å². The second-order valence-corrected chi connectivity index (χ2v) is 3.29. The van der Waals surface area contributed by atoms with E-state index < -0.39 is 0 Å². The molecule has 1 rings (SSSR count). The highest BCUT2D eigenvalue weighted by Crippen LogP contribution is 2.15. The van der Waals surface area contributed by atoms with E-state index >= 15 is 0 Å². The van der Waals surface area contributed by atoms with Gasteiger partial charge in [0.25, 0.3) is 0 Å². The summed E-state index contributed by atoms with van der Waals surface area (Å²) in [4.78, 5) is 15.4. The van der Waals surface area contributed by atoms with E-state index in [0.29, 0.717) is 11.5 Å². The molecule has 0 saturated heterocycles. The molecule has 72 valence electrons. The van der Waals surface area contributed by atoms with E-state index in [2.05, 4.69) is 18.5 Å². The van der Waals surface area contributed by atoms with Crippen LogP contribution >= 0.6 is 0 Å². The molecule has 1 unspecified atom stereocenters. The molecule has 0 saturated carbocycles. The van der Waals surface area contributed by atoms with Gasteiger partial charge in [-0.05, 0) is 13.3 Å². The molecule has 13 heavy (non-hydrogen) atoms. The predicted octanol–water partition coefficient (Wildman–Crippen LogP) is 2.08. The average Bonchev–Trinajstić information content (AvgIpc) is 2.44. The van der Waals surface area contributed by atoms with Crippen LogP contribution in [0.15, 0.2) is 17.1 Å². The molecule has 0 fully saturated rings. The van der Waals surface area contributed by atoms with Gasteiger partial charge >= 0.3 is 5.97 Å². The fraction of sp³-hybridized carbons (Fsp3) is 0.600. The average molecular weight is 181 g/mol. The lowest BCUT2D eigenvalue weighted by molar-refractivity contribution is -0.135. The van der Waals surface area contributed by atoms with Crippen LogP contribution in [0.3, 0.4) is 0 Å². The molecule has 0 aromatic heterocycles. The number of unbranched alkanes of at least 4 members (excludes halogenated alkanes) is 1. The summed E-state index contributed by atoms with van der Waals surface area (Å²) in [7, 11) is 0. The number of hydrogen-bond acceptors (Lipinski definition) is 3. The number of ether oxygens (including phenoxy) is 1. The lowest BCUT2D eigenvalue weighted by atomic mass is 10.1. The summed E-state index contributed by atoms with van der Waals surface area (Å²) >= 11 is 0. The van der Waals surface area contributed by atoms with Crippen molar-refractivity contribution in [2.24, 2.45) is 4.99 Å². The maximum absolute atomic E-state index is 11.2. The van der Waals surface area contributed by atoms with Crippen LogP contribution in [-0.2, 0) is 9.53 Å². The molecule has 0 spiro atoms. The highest BCUT2D eigenvalue weighted by molar-refractivity contribution is 6.05. The van der Waals surface area contributed by atoms with Gasteiger partial charge in [-0.2, -0.15) is 0 Å². The molecule has 1 aliphatic rings. The van der Waals surface area contributed by atoms with Crippen LogP contribution in [-0.4, -0.2) is 17.9 Å². The number of rotatable bonds is 4. The second-order valence-electron chi connectivity index (χ2n) is 3.29. The second kappa shape index (κ2) is 4.21. The van der Waals surface area contributed by atoms with Gasteiger partial charge in [0.15, 0.2) is 6.04 Å². The zero-order chi connectivity index (χ0) is 9.84. The van der Waals surface area contributed by atoms with Crippen LogP contribution in [0.2, 0.25) is 0 Å². The Hall–Kier alpha value is -1.12. The van der Waals surface area contributed by atoms with Crippen molar-refractivity contribution in [2.75, 3.05) is 0 Å². The lowest BCUT2D eigenvalue weighted by Gasteiger charge is -1.99. The zero-order valence-electron chi connectivity index (χ0n) is 8.17. The van der Waals surface area contributed by atoms with Crippen molar-refractivity contribution >= 4 is 11.9 Å². The van der Waals surface area contributed by atoms with E-state index in [4.69, 9.17) is 4.74 Å². The maximum atomic E-state index is 11.2. The molecular formula is C10H15NO2. The van der Waals surface area contributed by atoms with E-state index in [1.54, 1.807) is 6.92 Å². The Kier molecular flexibility index (Phi) is 3.23. The first-order chi connectivity index (χ1) is 6.15. The molecule has 1 atom stereocenters. The third-order valence-corrected chi connectivity index (χ3v) is 1.94. The summed E-state index contributed by atoms with van der Waals surface area (Å²) in [6.45, 7) is 7.55. The molecule has 3 nitrogen and oxygen atoms in total. The Labute approximate surface area is 78.5 Å².